The van der Waals surface area contributed by atoms with Gasteiger partial charge >= 0.3 is 6.09 Å². The number of nitrogens with one attached hydrogen (secondary N) is 1. The predicted molar refractivity (Wildman–Crippen MR) is 140 cm³/mol. The molecular formula is C29H41N3O3. The summed E-state index contributed by atoms with van der Waals surface area (Å²) in [6.45, 7) is 14.4. The van der Waals surface area contributed by atoms with Crippen LogP contribution in [0.4, 0.5) is 4.79 Å². The largest absolute Gasteiger partial charge is 0.444 e. The lowest BCUT2D eigenvalue weighted by Crippen LogP contribution is -2.53. The Morgan fingerprint density at radius 3 is 1.83 bits per heavy atom. The Hall–Kier alpha value is -2.86. The molecule has 2 aromatic carbocycles. The van der Waals surface area contributed by atoms with Crippen molar-refractivity contribution in [3.63, 3.8) is 0 Å². The zero-order chi connectivity index (χ0) is 25.6. The van der Waals surface area contributed by atoms with E-state index in [0.717, 1.165) is 11.1 Å². The first-order valence-electron chi connectivity index (χ1n) is 12.5. The van der Waals surface area contributed by atoms with Gasteiger partial charge in [0.15, 0.2) is 0 Å². The summed E-state index contributed by atoms with van der Waals surface area (Å²) in [6, 6.07) is 20.2. The van der Waals surface area contributed by atoms with E-state index in [4.69, 9.17) is 4.74 Å². The van der Waals surface area contributed by atoms with Gasteiger partial charge in [-0.05, 0) is 37.3 Å². The Morgan fingerprint density at radius 2 is 1.34 bits per heavy atom. The van der Waals surface area contributed by atoms with Gasteiger partial charge in [-0.3, -0.25) is 9.69 Å². The Kier molecular flexibility index (Phi) is 8.60. The van der Waals surface area contributed by atoms with Crippen molar-refractivity contribution in [2.24, 2.45) is 5.41 Å². The summed E-state index contributed by atoms with van der Waals surface area (Å²) in [5, 5.41) is 3.36. The number of benzene rings is 2. The molecule has 1 N–H and O–H groups in total. The minimum atomic E-state index is -0.517. The third-order valence-electron chi connectivity index (χ3n) is 5.98. The highest BCUT2D eigenvalue weighted by Crippen LogP contribution is 2.35. The van der Waals surface area contributed by atoms with Gasteiger partial charge in [0.05, 0.1) is 12.1 Å². The number of carbonyl (C=O) groups is 2. The number of amides is 2. The van der Waals surface area contributed by atoms with Gasteiger partial charge in [-0.15, -0.1) is 0 Å². The second-order valence-corrected chi connectivity index (χ2v) is 11.6. The SMILES string of the molecule is CC(C)(C)CC(=O)N[C@H](c1ccccc1)[C@H](c1ccccc1)N1CCN(C(=O)OC(C)(C)C)CC1. The van der Waals surface area contributed by atoms with Crippen molar-refractivity contribution in [1.82, 2.24) is 15.1 Å². The maximum absolute atomic E-state index is 13.1. The van der Waals surface area contributed by atoms with Crippen LogP contribution >= 0.6 is 0 Å². The molecule has 3 rings (SSSR count). The van der Waals surface area contributed by atoms with E-state index in [2.05, 4.69) is 55.3 Å². The van der Waals surface area contributed by atoms with Crippen molar-refractivity contribution >= 4 is 12.0 Å². The molecule has 0 saturated carbocycles. The Bertz CT molecular complexity index is 956. The lowest BCUT2D eigenvalue weighted by atomic mass is 9.89. The minimum absolute atomic E-state index is 0.0414. The molecule has 190 valence electrons. The first-order valence-corrected chi connectivity index (χ1v) is 12.5. The van der Waals surface area contributed by atoms with Gasteiger partial charge in [0, 0.05) is 32.6 Å². The van der Waals surface area contributed by atoms with Gasteiger partial charge in [0.25, 0.3) is 0 Å². The zero-order valence-corrected chi connectivity index (χ0v) is 22.1. The van der Waals surface area contributed by atoms with Crippen LogP contribution in [0.25, 0.3) is 0 Å². The summed E-state index contributed by atoms with van der Waals surface area (Å²) in [4.78, 5) is 29.9. The molecule has 2 atom stereocenters. The predicted octanol–water partition coefficient (Wildman–Crippen LogP) is 5.57. The maximum atomic E-state index is 13.1. The Labute approximate surface area is 210 Å². The summed E-state index contributed by atoms with van der Waals surface area (Å²) >= 11 is 0. The van der Waals surface area contributed by atoms with E-state index in [0.29, 0.717) is 32.6 Å². The van der Waals surface area contributed by atoms with E-state index in [1.54, 1.807) is 4.90 Å². The van der Waals surface area contributed by atoms with Crippen molar-refractivity contribution < 1.29 is 14.3 Å². The normalized spacial score (nSPS) is 16.9. The van der Waals surface area contributed by atoms with Crippen molar-refractivity contribution in [1.29, 1.82) is 0 Å². The lowest BCUT2D eigenvalue weighted by molar-refractivity contribution is -0.124. The summed E-state index contributed by atoms with van der Waals surface area (Å²) in [6.07, 6.45) is 0.177. The van der Waals surface area contributed by atoms with E-state index in [1.807, 2.05) is 57.2 Å². The van der Waals surface area contributed by atoms with Crippen LogP contribution in [-0.2, 0) is 9.53 Å². The van der Waals surface area contributed by atoms with Gasteiger partial charge in [-0.25, -0.2) is 4.79 Å². The fourth-order valence-corrected chi connectivity index (χ4v) is 4.48. The number of rotatable bonds is 6. The molecule has 6 heteroatoms. The second-order valence-electron chi connectivity index (χ2n) is 11.6. The van der Waals surface area contributed by atoms with Crippen LogP contribution < -0.4 is 5.32 Å². The molecule has 0 spiro atoms. The molecule has 1 aliphatic rings. The van der Waals surface area contributed by atoms with E-state index in [-0.39, 0.29) is 29.5 Å². The fraction of sp³-hybridized carbons (Fsp3) is 0.517. The van der Waals surface area contributed by atoms with Crippen LogP contribution in [0.1, 0.15) is 71.2 Å². The van der Waals surface area contributed by atoms with E-state index >= 15 is 0 Å². The zero-order valence-electron chi connectivity index (χ0n) is 22.1. The van der Waals surface area contributed by atoms with Crippen molar-refractivity contribution in [3.05, 3.63) is 71.8 Å². The van der Waals surface area contributed by atoms with Crippen LogP contribution in [0.15, 0.2) is 60.7 Å². The molecule has 1 saturated heterocycles. The quantitative estimate of drug-likeness (QED) is 0.588. The molecule has 0 radical (unpaired) electrons. The van der Waals surface area contributed by atoms with E-state index in [9.17, 15) is 9.59 Å². The Morgan fingerprint density at radius 1 is 0.829 bits per heavy atom. The third-order valence-corrected chi connectivity index (χ3v) is 5.98. The van der Waals surface area contributed by atoms with Crippen LogP contribution in [-0.4, -0.2) is 53.6 Å². The molecule has 0 bridgehead atoms. The molecule has 0 aliphatic carbocycles. The fourth-order valence-electron chi connectivity index (χ4n) is 4.48. The summed E-state index contributed by atoms with van der Waals surface area (Å²) in [7, 11) is 0. The van der Waals surface area contributed by atoms with E-state index in [1.165, 1.54) is 0 Å². The molecule has 6 nitrogen and oxygen atoms in total. The lowest BCUT2D eigenvalue weighted by Gasteiger charge is -2.43. The number of carbonyl (C=O) groups excluding carboxylic acids is 2. The molecule has 1 aliphatic heterocycles. The summed E-state index contributed by atoms with van der Waals surface area (Å²) in [5.74, 6) is 0.0414. The van der Waals surface area contributed by atoms with Crippen molar-refractivity contribution in [3.8, 4) is 0 Å². The molecular weight excluding hydrogens is 438 g/mol. The highest BCUT2D eigenvalue weighted by molar-refractivity contribution is 5.77. The van der Waals surface area contributed by atoms with Gasteiger partial charge in [0.1, 0.15) is 5.60 Å². The number of ether oxygens (including phenoxy) is 1. The van der Waals surface area contributed by atoms with Crippen LogP contribution in [0.5, 0.6) is 0 Å². The first kappa shape index (κ1) is 26.7. The first-order chi connectivity index (χ1) is 16.4. The minimum Gasteiger partial charge on any atom is -0.444 e. The Balaban J connectivity index is 1.88. The highest BCUT2D eigenvalue weighted by atomic mass is 16.6. The van der Waals surface area contributed by atoms with Crippen molar-refractivity contribution in [2.45, 2.75) is 65.6 Å². The number of hydrogen-bond donors (Lipinski definition) is 1. The van der Waals surface area contributed by atoms with Crippen molar-refractivity contribution in [2.75, 3.05) is 26.2 Å². The van der Waals surface area contributed by atoms with Crippen LogP contribution in [0, 0.1) is 5.41 Å². The molecule has 2 amide bonds. The molecule has 35 heavy (non-hydrogen) atoms. The van der Waals surface area contributed by atoms with E-state index < -0.39 is 5.60 Å². The molecule has 1 fully saturated rings. The topological polar surface area (TPSA) is 61.9 Å². The second kappa shape index (κ2) is 11.3. The standard InChI is InChI=1S/C29H41N3O3/c1-28(2,3)21-24(33)30-25(22-13-9-7-10-14-22)26(23-15-11-8-12-16-23)31-17-19-32(20-18-31)27(34)35-29(4,5)6/h7-16,25-26H,17-21H2,1-6H3,(H,30,33)/t25-,26+/m1/s1. The molecule has 1 heterocycles. The van der Waals surface area contributed by atoms with Gasteiger partial charge in [-0.2, -0.15) is 0 Å². The molecule has 0 aromatic heterocycles. The average Bonchev–Trinajstić information content (AvgIpc) is 2.78. The van der Waals surface area contributed by atoms with Gasteiger partial charge < -0.3 is 15.0 Å². The van der Waals surface area contributed by atoms with Crippen LogP contribution in [0.3, 0.4) is 0 Å². The number of hydrogen-bond acceptors (Lipinski definition) is 4. The van der Waals surface area contributed by atoms with Gasteiger partial charge in [0.2, 0.25) is 5.91 Å². The number of nitrogens with zero attached hydrogens (tertiary/aromatic N) is 2. The summed E-state index contributed by atoms with van der Waals surface area (Å²) in [5.41, 5.74) is 1.59. The average molecular weight is 480 g/mol. The number of piperazine rings is 1. The summed E-state index contributed by atoms with van der Waals surface area (Å²) < 4.78 is 5.58. The maximum Gasteiger partial charge on any atom is 0.410 e. The van der Waals surface area contributed by atoms with Gasteiger partial charge in [-0.1, -0.05) is 81.4 Å². The highest BCUT2D eigenvalue weighted by Gasteiger charge is 2.35. The molecule has 0 unspecified atom stereocenters. The monoisotopic (exact) mass is 479 g/mol. The van der Waals surface area contributed by atoms with Crippen LogP contribution in [0.2, 0.25) is 0 Å². The smallest absolute Gasteiger partial charge is 0.410 e. The third kappa shape index (κ3) is 8.10. The molecule has 2 aromatic rings.